The van der Waals surface area contributed by atoms with Crippen LogP contribution in [0.5, 0.6) is 0 Å². The lowest BCUT2D eigenvalue weighted by Crippen LogP contribution is -2.70. The number of aliphatic carboxylic acids is 1. The van der Waals surface area contributed by atoms with Crippen LogP contribution in [0.1, 0.15) is 12.0 Å². The van der Waals surface area contributed by atoms with Crippen molar-refractivity contribution in [2.45, 2.75) is 34.7 Å². The Labute approximate surface area is 220 Å². The van der Waals surface area contributed by atoms with Crippen LogP contribution in [0, 0.1) is 0 Å². The molecule has 4 heterocycles. The number of thioether (sulfide) groups is 2. The summed E-state index contributed by atoms with van der Waals surface area (Å²) in [4.78, 5) is 31.1. The average molecular weight is 571 g/mol. The minimum absolute atomic E-state index is 0.0734. The van der Waals surface area contributed by atoms with Gasteiger partial charge >= 0.3 is 5.97 Å². The fraction of sp³-hybridized carbons (Fsp3) is 0.421. The SMILES string of the molecule is CS(=O)(=O)NCCC(Sc1nnn[nH]1)C1=C(C(=O)O)N2C(=O)[C@@H](NC(=S)Cc3ccncc3)[C@@H]2SC1. The first-order chi connectivity index (χ1) is 17.1. The number of H-pyrrole nitrogens is 1. The number of sulfonamides is 1. The van der Waals surface area contributed by atoms with E-state index in [1.807, 2.05) is 12.1 Å². The summed E-state index contributed by atoms with van der Waals surface area (Å²) in [6, 6.07) is 3.02. The van der Waals surface area contributed by atoms with Crippen LogP contribution in [0.15, 0.2) is 41.0 Å². The molecule has 2 aromatic heterocycles. The highest BCUT2D eigenvalue weighted by atomic mass is 32.2. The summed E-state index contributed by atoms with van der Waals surface area (Å²) in [5.41, 5.74) is 1.33. The number of thiocarbonyl (C=S) groups is 1. The smallest absolute Gasteiger partial charge is 0.352 e. The zero-order chi connectivity index (χ0) is 25.9. The summed E-state index contributed by atoms with van der Waals surface area (Å²) in [6.45, 7) is 0.0734. The van der Waals surface area contributed by atoms with Crippen molar-refractivity contribution < 1.29 is 23.1 Å². The van der Waals surface area contributed by atoms with E-state index in [-0.39, 0.29) is 18.7 Å². The number of hydrogen-bond donors (Lipinski definition) is 4. The Morgan fingerprint density at radius 2 is 2.17 bits per heavy atom. The summed E-state index contributed by atoms with van der Waals surface area (Å²) in [5, 5.41) is 26.1. The Kier molecular flexibility index (Phi) is 8.23. The van der Waals surface area contributed by atoms with Gasteiger partial charge in [-0.1, -0.05) is 24.0 Å². The molecular weight excluding hydrogens is 549 g/mol. The zero-order valence-corrected chi connectivity index (χ0v) is 22.1. The van der Waals surface area contributed by atoms with E-state index in [0.717, 1.165) is 11.8 Å². The highest BCUT2D eigenvalue weighted by Gasteiger charge is 2.54. The van der Waals surface area contributed by atoms with Crippen LogP contribution >= 0.6 is 35.7 Å². The van der Waals surface area contributed by atoms with Crippen molar-refractivity contribution in [3.05, 3.63) is 41.4 Å². The molecule has 0 bridgehead atoms. The molecule has 1 fully saturated rings. The molecule has 4 N–H and O–H groups in total. The molecule has 2 aliphatic heterocycles. The number of aromatic amines is 1. The molecule has 1 unspecified atom stereocenters. The number of carbonyl (C=O) groups is 2. The van der Waals surface area contributed by atoms with Gasteiger partial charge in [0.25, 0.3) is 5.91 Å². The van der Waals surface area contributed by atoms with Crippen molar-refractivity contribution in [1.29, 1.82) is 0 Å². The Morgan fingerprint density at radius 1 is 1.42 bits per heavy atom. The van der Waals surface area contributed by atoms with Crippen molar-refractivity contribution >= 4 is 62.6 Å². The second-order valence-electron chi connectivity index (χ2n) is 7.93. The number of nitrogens with zero attached hydrogens (tertiary/aromatic N) is 5. The summed E-state index contributed by atoms with van der Waals surface area (Å²) in [5.74, 6) is -1.30. The average Bonchev–Trinajstić information content (AvgIpc) is 3.34. The highest BCUT2D eigenvalue weighted by molar-refractivity contribution is 8.01. The first kappa shape index (κ1) is 26.5. The lowest BCUT2D eigenvalue weighted by Gasteiger charge is -2.50. The molecule has 1 saturated heterocycles. The van der Waals surface area contributed by atoms with Gasteiger partial charge in [-0.05, 0) is 40.1 Å². The van der Waals surface area contributed by atoms with E-state index in [2.05, 4.69) is 35.6 Å². The maximum Gasteiger partial charge on any atom is 0.352 e. The van der Waals surface area contributed by atoms with Crippen LogP contribution in [0.2, 0.25) is 0 Å². The maximum absolute atomic E-state index is 13.1. The van der Waals surface area contributed by atoms with Crippen LogP contribution in [-0.4, -0.2) is 96.1 Å². The molecule has 0 saturated carbocycles. The number of amides is 1. The number of aromatic nitrogens is 5. The van der Waals surface area contributed by atoms with Crippen molar-refractivity contribution in [3.63, 3.8) is 0 Å². The predicted molar refractivity (Wildman–Crippen MR) is 137 cm³/mol. The summed E-state index contributed by atoms with van der Waals surface area (Å²) in [7, 11) is -3.43. The molecule has 36 heavy (non-hydrogen) atoms. The Hall–Kier alpha value is -2.60. The lowest BCUT2D eigenvalue weighted by atomic mass is 10.00. The number of hydrogen-bond acceptors (Lipinski definition) is 11. The van der Waals surface area contributed by atoms with Gasteiger partial charge in [0.05, 0.1) is 11.2 Å². The van der Waals surface area contributed by atoms with Crippen molar-refractivity contribution in [3.8, 4) is 0 Å². The molecule has 1 amide bonds. The van der Waals surface area contributed by atoms with Crippen LogP contribution in [-0.2, 0) is 26.0 Å². The van der Waals surface area contributed by atoms with Gasteiger partial charge in [-0.25, -0.2) is 23.0 Å². The molecule has 4 rings (SSSR count). The number of tetrazole rings is 1. The third-order valence-corrected chi connectivity index (χ3v) is 8.86. The first-order valence-corrected chi connectivity index (χ1v) is 14.8. The van der Waals surface area contributed by atoms with Gasteiger partial charge in [0, 0.05) is 36.4 Å². The van der Waals surface area contributed by atoms with E-state index >= 15 is 0 Å². The number of pyridine rings is 1. The monoisotopic (exact) mass is 570 g/mol. The summed E-state index contributed by atoms with van der Waals surface area (Å²) >= 11 is 8.02. The summed E-state index contributed by atoms with van der Waals surface area (Å²) < 4.78 is 25.5. The third-order valence-electron chi connectivity index (χ3n) is 5.37. The van der Waals surface area contributed by atoms with E-state index in [4.69, 9.17) is 12.2 Å². The third kappa shape index (κ3) is 6.20. The normalized spacial score (nSPS) is 20.5. The number of nitrogens with one attached hydrogen (secondary N) is 3. The Morgan fingerprint density at radius 3 is 2.81 bits per heavy atom. The van der Waals surface area contributed by atoms with E-state index in [1.54, 1.807) is 12.4 Å². The van der Waals surface area contributed by atoms with Gasteiger partial charge in [-0.3, -0.25) is 14.7 Å². The van der Waals surface area contributed by atoms with Gasteiger partial charge in [-0.15, -0.1) is 16.9 Å². The lowest BCUT2D eigenvalue weighted by molar-refractivity contribution is -0.148. The van der Waals surface area contributed by atoms with Gasteiger partial charge < -0.3 is 10.4 Å². The minimum Gasteiger partial charge on any atom is -0.477 e. The van der Waals surface area contributed by atoms with Gasteiger partial charge in [0.2, 0.25) is 15.2 Å². The topological polar surface area (TPSA) is 183 Å². The molecule has 192 valence electrons. The second-order valence-corrected chi connectivity index (χ2v) is 12.6. The first-order valence-electron chi connectivity index (χ1n) is 10.6. The van der Waals surface area contributed by atoms with E-state index in [0.29, 0.717) is 27.9 Å². The van der Waals surface area contributed by atoms with Crippen LogP contribution in [0.3, 0.4) is 0 Å². The quantitative estimate of drug-likeness (QED) is 0.158. The van der Waals surface area contributed by atoms with Crippen molar-refractivity contribution in [2.75, 3.05) is 18.6 Å². The zero-order valence-electron chi connectivity index (χ0n) is 18.8. The number of carboxylic acid groups (broad SMARTS) is 1. The second kappa shape index (κ2) is 11.2. The largest absolute Gasteiger partial charge is 0.477 e. The molecule has 0 spiro atoms. The van der Waals surface area contributed by atoms with Gasteiger partial charge in [0.15, 0.2) is 0 Å². The van der Waals surface area contributed by atoms with E-state index in [1.165, 1.54) is 28.4 Å². The minimum atomic E-state index is -3.43. The highest BCUT2D eigenvalue weighted by Crippen LogP contribution is 2.44. The number of carbonyl (C=O) groups excluding carboxylic acids is 1. The van der Waals surface area contributed by atoms with E-state index in [9.17, 15) is 23.1 Å². The molecule has 0 aliphatic carbocycles. The van der Waals surface area contributed by atoms with Crippen molar-refractivity contribution in [1.82, 2.24) is 40.5 Å². The van der Waals surface area contributed by atoms with Crippen molar-refractivity contribution in [2.24, 2.45) is 0 Å². The number of β-lactam (4-membered cyclic amide) rings is 1. The fourth-order valence-electron chi connectivity index (χ4n) is 3.81. The molecule has 13 nitrogen and oxygen atoms in total. The molecule has 2 aromatic rings. The van der Waals surface area contributed by atoms with E-state index < -0.39 is 38.6 Å². The fourth-order valence-corrected chi connectivity index (χ4v) is 7.15. The van der Waals surface area contributed by atoms with Gasteiger partial charge in [-0.2, -0.15) is 0 Å². The molecule has 0 aromatic carbocycles. The Bertz CT molecular complexity index is 1270. The summed E-state index contributed by atoms with van der Waals surface area (Å²) in [6.07, 6.45) is 5.05. The molecule has 0 radical (unpaired) electrons. The number of fused-ring (bicyclic) bond motifs is 1. The molecule has 17 heteroatoms. The molecular formula is C19H22N8O5S4. The number of rotatable bonds is 11. The predicted octanol–water partition coefficient (Wildman–Crippen LogP) is -0.223. The van der Waals surface area contributed by atoms with Crippen LogP contribution < -0.4 is 10.0 Å². The van der Waals surface area contributed by atoms with Gasteiger partial charge in [0.1, 0.15) is 17.1 Å². The molecule has 3 atom stereocenters. The molecule has 2 aliphatic rings. The standard InChI is InChI=1S/C19H22N8O5S4/c1-36(31,32)21-7-4-12(35-19-23-25-26-24-19)11-9-34-17-14(16(28)27(17)15(11)18(29)30)22-13(33)8-10-2-5-20-6-3-10/h2-3,5-6,12,14,17,21H,4,7-9H2,1H3,(H,22,33)(H,29,30)(H,23,24,25,26)/t12?,14-,17+/m1/s1. The maximum atomic E-state index is 13.1. The van der Waals surface area contributed by atoms with Crippen LogP contribution in [0.25, 0.3) is 0 Å². The number of carboxylic acids is 1. The van der Waals surface area contributed by atoms with Crippen LogP contribution in [0.4, 0.5) is 0 Å². The Balaban J connectivity index is 1.52.